The number of thiophene rings is 2. The second-order valence-electron chi connectivity index (χ2n) is 6.18. The second kappa shape index (κ2) is 7.51. The first-order valence-electron chi connectivity index (χ1n) is 8.37. The number of nitrogens with zero attached hydrogens (tertiary/aromatic N) is 1. The molecule has 5 nitrogen and oxygen atoms in total. The number of hydrogen-bond donors (Lipinski definition) is 1. The van der Waals surface area contributed by atoms with Crippen LogP contribution < -0.4 is 5.32 Å². The minimum absolute atomic E-state index is 0.114. The van der Waals surface area contributed by atoms with Crippen LogP contribution in [-0.4, -0.2) is 18.5 Å². The Labute approximate surface area is 172 Å². The lowest BCUT2D eigenvalue weighted by molar-refractivity contribution is -0.119. The molecule has 0 saturated heterocycles. The predicted octanol–water partition coefficient (Wildman–Crippen LogP) is 4.91. The average Bonchev–Trinajstić information content (AvgIpc) is 3.32. The highest BCUT2D eigenvalue weighted by Crippen LogP contribution is 2.39. The minimum Gasteiger partial charge on any atom is -0.451 e. The molecule has 0 atom stereocenters. The van der Waals surface area contributed by atoms with E-state index in [0.717, 1.165) is 41.0 Å². The van der Waals surface area contributed by atoms with Crippen LogP contribution >= 0.6 is 34.3 Å². The largest absolute Gasteiger partial charge is 0.451 e. The number of hydrogen-bond acceptors (Lipinski definition) is 6. The molecule has 0 spiro atoms. The van der Waals surface area contributed by atoms with E-state index in [0.29, 0.717) is 20.7 Å². The van der Waals surface area contributed by atoms with Gasteiger partial charge in [0.25, 0.3) is 5.91 Å². The van der Waals surface area contributed by atoms with Gasteiger partial charge < -0.3 is 10.1 Å². The summed E-state index contributed by atoms with van der Waals surface area (Å²) in [7, 11) is 0. The normalized spacial score (nSPS) is 12.6. The molecule has 2 aromatic heterocycles. The standard InChI is InChI=1S/C19H12ClFN2O3S2/c20-16-11-5-4-9(21)6-14(11)27-17(16)19(25)26-8-15(24)23-18-12(7-22)10-2-1-3-13(10)28-18/h4-6H,1-3,8H2,(H,23,24). The maximum absolute atomic E-state index is 13.3. The summed E-state index contributed by atoms with van der Waals surface area (Å²) < 4.78 is 18.9. The maximum Gasteiger partial charge on any atom is 0.350 e. The molecule has 0 unspecified atom stereocenters. The van der Waals surface area contributed by atoms with Crippen molar-refractivity contribution < 1.29 is 18.7 Å². The van der Waals surface area contributed by atoms with Gasteiger partial charge in [0.1, 0.15) is 21.8 Å². The summed E-state index contributed by atoms with van der Waals surface area (Å²) in [6.07, 6.45) is 2.76. The van der Waals surface area contributed by atoms with Crippen molar-refractivity contribution >= 4 is 61.2 Å². The van der Waals surface area contributed by atoms with Gasteiger partial charge in [0.15, 0.2) is 6.61 Å². The number of ether oxygens (including phenoxy) is 1. The van der Waals surface area contributed by atoms with Crippen LogP contribution in [0.2, 0.25) is 5.02 Å². The highest BCUT2D eigenvalue weighted by atomic mass is 35.5. The van der Waals surface area contributed by atoms with Crippen molar-refractivity contribution in [3.63, 3.8) is 0 Å². The molecule has 1 aromatic carbocycles. The zero-order chi connectivity index (χ0) is 19.8. The first-order chi connectivity index (χ1) is 13.5. The Bertz CT molecular complexity index is 1160. The number of aryl methyl sites for hydroxylation is 1. The topological polar surface area (TPSA) is 79.2 Å². The van der Waals surface area contributed by atoms with E-state index >= 15 is 0 Å². The fourth-order valence-electron chi connectivity index (χ4n) is 3.14. The lowest BCUT2D eigenvalue weighted by Crippen LogP contribution is -2.20. The number of esters is 1. The Morgan fingerprint density at radius 2 is 2.14 bits per heavy atom. The third kappa shape index (κ3) is 3.37. The fourth-order valence-corrected chi connectivity index (χ4v) is 5.82. The number of nitrogens with one attached hydrogen (secondary N) is 1. The molecule has 1 aliphatic rings. The summed E-state index contributed by atoms with van der Waals surface area (Å²) in [5.74, 6) is -1.72. The average molecular weight is 435 g/mol. The Balaban J connectivity index is 1.44. The Kier molecular flexibility index (Phi) is 5.06. The molecule has 0 radical (unpaired) electrons. The minimum atomic E-state index is -0.754. The number of rotatable bonds is 4. The molecule has 28 heavy (non-hydrogen) atoms. The first-order valence-corrected chi connectivity index (χ1v) is 10.4. The van der Waals surface area contributed by atoms with Crippen molar-refractivity contribution in [2.45, 2.75) is 19.3 Å². The van der Waals surface area contributed by atoms with E-state index in [1.54, 1.807) is 0 Å². The Morgan fingerprint density at radius 3 is 2.93 bits per heavy atom. The van der Waals surface area contributed by atoms with Gasteiger partial charge in [-0.05, 0) is 43.0 Å². The highest BCUT2D eigenvalue weighted by Gasteiger charge is 2.24. The van der Waals surface area contributed by atoms with E-state index in [-0.39, 0.29) is 9.90 Å². The van der Waals surface area contributed by atoms with Crippen molar-refractivity contribution in [2.24, 2.45) is 0 Å². The maximum atomic E-state index is 13.3. The van der Waals surface area contributed by atoms with Gasteiger partial charge in [-0.15, -0.1) is 22.7 Å². The van der Waals surface area contributed by atoms with E-state index in [2.05, 4.69) is 11.4 Å². The first kappa shape index (κ1) is 18.9. The third-order valence-electron chi connectivity index (χ3n) is 4.40. The van der Waals surface area contributed by atoms with Crippen LogP contribution in [-0.2, 0) is 22.4 Å². The summed E-state index contributed by atoms with van der Waals surface area (Å²) in [4.78, 5) is 25.7. The van der Waals surface area contributed by atoms with Crippen LogP contribution in [0.1, 0.15) is 32.1 Å². The van der Waals surface area contributed by atoms with Gasteiger partial charge >= 0.3 is 5.97 Å². The van der Waals surface area contributed by atoms with E-state index in [4.69, 9.17) is 16.3 Å². The van der Waals surface area contributed by atoms with Crippen molar-refractivity contribution in [3.05, 3.63) is 49.9 Å². The lowest BCUT2D eigenvalue weighted by Gasteiger charge is -2.05. The molecule has 0 bridgehead atoms. The van der Waals surface area contributed by atoms with Crippen molar-refractivity contribution in [3.8, 4) is 6.07 Å². The van der Waals surface area contributed by atoms with Crippen molar-refractivity contribution in [1.29, 1.82) is 5.26 Å². The van der Waals surface area contributed by atoms with Gasteiger partial charge in [-0.3, -0.25) is 4.79 Å². The number of carbonyl (C=O) groups is 2. The van der Waals surface area contributed by atoms with Gasteiger partial charge in [-0.25, -0.2) is 9.18 Å². The number of fused-ring (bicyclic) bond motifs is 2. The number of benzene rings is 1. The molecule has 0 aliphatic heterocycles. The second-order valence-corrected chi connectivity index (χ2v) is 8.72. The van der Waals surface area contributed by atoms with Crippen LogP contribution in [0.15, 0.2) is 18.2 Å². The Morgan fingerprint density at radius 1 is 1.32 bits per heavy atom. The van der Waals surface area contributed by atoms with Gasteiger partial charge in [-0.2, -0.15) is 5.26 Å². The van der Waals surface area contributed by atoms with E-state index in [1.807, 2.05) is 0 Å². The summed E-state index contributed by atoms with van der Waals surface area (Å²) >= 11 is 8.58. The smallest absolute Gasteiger partial charge is 0.350 e. The molecule has 1 aliphatic carbocycles. The summed E-state index contributed by atoms with van der Waals surface area (Å²) in [5.41, 5.74) is 1.50. The van der Waals surface area contributed by atoms with Gasteiger partial charge in [-0.1, -0.05) is 11.6 Å². The number of amides is 1. The molecule has 1 amide bonds. The monoisotopic (exact) mass is 434 g/mol. The molecular formula is C19H12ClFN2O3S2. The molecule has 2 heterocycles. The van der Waals surface area contributed by atoms with E-state index in [9.17, 15) is 19.2 Å². The van der Waals surface area contributed by atoms with E-state index in [1.165, 1.54) is 29.5 Å². The lowest BCUT2D eigenvalue weighted by atomic mass is 10.1. The molecule has 9 heteroatoms. The quantitative estimate of drug-likeness (QED) is 0.591. The van der Waals surface area contributed by atoms with Gasteiger partial charge in [0, 0.05) is 15.0 Å². The number of nitriles is 1. The highest BCUT2D eigenvalue weighted by molar-refractivity contribution is 7.21. The van der Waals surface area contributed by atoms with Crippen molar-refractivity contribution in [2.75, 3.05) is 11.9 Å². The molecule has 0 fully saturated rings. The van der Waals surface area contributed by atoms with E-state index < -0.39 is 24.3 Å². The molecule has 4 rings (SSSR count). The van der Waals surface area contributed by atoms with Crippen LogP contribution in [0.4, 0.5) is 9.39 Å². The summed E-state index contributed by atoms with van der Waals surface area (Å²) in [6.45, 7) is -0.509. The molecule has 1 N–H and O–H groups in total. The van der Waals surface area contributed by atoms with Crippen LogP contribution in [0.5, 0.6) is 0 Å². The summed E-state index contributed by atoms with van der Waals surface area (Å²) in [5, 5.41) is 13.2. The number of carbonyl (C=O) groups excluding carboxylic acids is 2. The third-order valence-corrected chi connectivity index (χ3v) is 7.24. The van der Waals surface area contributed by atoms with Crippen LogP contribution in [0, 0.1) is 17.1 Å². The zero-order valence-corrected chi connectivity index (χ0v) is 16.7. The number of anilines is 1. The summed E-state index contributed by atoms with van der Waals surface area (Å²) in [6, 6.07) is 6.18. The zero-order valence-electron chi connectivity index (χ0n) is 14.3. The number of halogens is 2. The molecular weight excluding hydrogens is 423 g/mol. The van der Waals surface area contributed by atoms with Gasteiger partial charge in [0.05, 0.1) is 10.6 Å². The fraction of sp³-hybridized carbons (Fsp3) is 0.211. The molecule has 3 aromatic rings. The van der Waals surface area contributed by atoms with Crippen molar-refractivity contribution in [1.82, 2.24) is 0 Å². The van der Waals surface area contributed by atoms with Gasteiger partial charge in [0.2, 0.25) is 0 Å². The Hall–Kier alpha value is -2.47. The SMILES string of the molecule is N#Cc1c(NC(=O)COC(=O)c2sc3cc(F)ccc3c2Cl)sc2c1CCC2. The molecule has 0 saturated carbocycles. The van der Waals surface area contributed by atoms with Crippen LogP contribution in [0.25, 0.3) is 10.1 Å². The molecule has 142 valence electrons. The predicted molar refractivity (Wildman–Crippen MR) is 107 cm³/mol. The van der Waals surface area contributed by atoms with Crippen LogP contribution in [0.3, 0.4) is 0 Å².